The van der Waals surface area contributed by atoms with E-state index < -0.39 is 10.0 Å². The molecule has 8 heteroatoms. The standard InChI is InChI=1S/C19H25N3O3S2/c1-19(2,3)18-21-13-16(26-18)17(23)20-12-14-6-8-15(9-7-14)27(24,25)22-10-4-5-11-22/h6-9,13H,4-5,10-12H2,1-3H3,(H,20,23). The average Bonchev–Trinajstić information content (AvgIpc) is 3.31. The molecule has 6 nitrogen and oxygen atoms in total. The van der Waals surface area contributed by atoms with E-state index in [1.807, 2.05) is 0 Å². The normalized spacial score (nSPS) is 15.8. The number of thiazole rings is 1. The van der Waals surface area contributed by atoms with Crippen molar-refractivity contribution in [3.05, 3.63) is 45.9 Å². The molecule has 0 saturated carbocycles. The fraction of sp³-hybridized carbons (Fsp3) is 0.474. The number of nitrogens with one attached hydrogen (secondary N) is 1. The van der Waals surface area contributed by atoms with Crippen LogP contribution < -0.4 is 5.32 Å². The molecule has 0 spiro atoms. The molecule has 1 fully saturated rings. The van der Waals surface area contributed by atoms with Crippen molar-refractivity contribution in [3.63, 3.8) is 0 Å². The van der Waals surface area contributed by atoms with Crippen molar-refractivity contribution in [1.82, 2.24) is 14.6 Å². The summed E-state index contributed by atoms with van der Waals surface area (Å²) in [5.41, 5.74) is 0.768. The second-order valence-corrected chi connectivity index (χ2v) is 10.7. The van der Waals surface area contributed by atoms with Crippen LogP contribution in [0.3, 0.4) is 0 Å². The van der Waals surface area contributed by atoms with E-state index in [0.29, 0.717) is 29.4 Å². The van der Waals surface area contributed by atoms with E-state index in [1.165, 1.54) is 15.6 Å². The van der Waals surface area contributed by atoms with E-state index >= 15 is 0 Å². The zero-order valence-corrected chi connectivity index (χ0v) is 17.5. The fourth-order valence-corrected chi connectivity index (χ4v) is 5.26. The Hall–Kier alpha value is -1.77. The molecular weight excluding hydrogens is 382 g/mol. The number of amides is 1. The van der Waals surface area contributed by atoms with Crippen molar-refractivity contribution >= 4 is 27.3 Å². The van der Waals surface area contributed by atoms with Gasteiger partial charge in [-0.25, -0.2) is 13.4 Å². The highest BCUT2D eigenvalue weighted by Crippen LogP contribution is 2.26. The summed E-state index contributed by atoms with van der Waals surface area (Å²) in [7, 11) is -3.40. The van der Waals surface area contributed by atoms with Gasteiger partial charge in [-0.15, -0.1) is 11.3 Å². The fourth-order valence-electron chi connectivity index (χ4n) is 2.85. The Morgan fingerprint density at radius 3 is 2.37 bits per heavy atom. The molecule has 1 aromatic heterocycles. The molecule has 1 aromatic carbocycles. The van der Waals surface area contributed by atoms with Gasteiger partial charge in [0.25, 0.3) is 5.91 Å². The molecule has 1 aliphatic heterocycles. The van der Waals surface area contributed by atoms with E-state index in [0.717, 1.165) is 23.4 Å². The van der Waals surface area contributed by atoms with Crippen molar-refractivity contribution < 1.29 is 13.2 Å². The van der Waals surface area contributed by atoms with Gasteiger partial charge in [0.15, 0.2) is 0 Å². The van der Waals surface area contributed by atoms with Crippen molar-refractivity contribution in [2.75, 3.05) is 13.1 Å². The molecular formula is C19H25N3O3S2. The molecule has 1 amide bonds. The number of carbonyl (C=O) groups is 1. The summed E-state index contributed by atoms with van der Waals surface area (Å²) in [6, 6.07) is 6.71. The highest BCUT2D eigenvalue weighted by atomic mass is 32.2. The smallest absolute Gasteiger partial charge is 0.263 e. The number of carbonyl (C=O) groups excluding carboxylic acids is 1. The minimum atomic E-state index is -3.40. The number of sulfonamides is 1. The maximum atomic E-state index is 12.5. The first-order chi connectivity index (χ1) is 12.7. The monoisotopic (exact) mass is 407 g/mol. The summed E-state index contributed by atoms with van der Waals surface area (Å²) in [6.07, 6.45) is 3.43. The van der Waals surface area contributed by atoms with Crippen LogP contribution in [0.15, 0.2) is 35.4 Å². The van der Waals surface area contributed by atoms with Crippen LogP contribution in [0.5, 0.6) is 0 Å². The van der Waals surface area contributed by atoms with Crippen molar-refractivity contribution in [2.45, 2.75) is 50.5 Å². The van der Waals surface area contributed by atoms with Crippen molar-refractivity contribution in [2.24, 2.45) is 0 Å². The predicted octanol–water partition coefficient (Wildman–Crippen LogP) is 3.16. The van der Waals surface area contributed by atoms with Gasteiger partial charge in [-0.05, 0) is 30.5 Å². The third kappa shape index (κ3) is 4.56. The molecule has 0 radical (unpaired) electrons. The second kappa shape index (κ2) is 7.69. The number of hydrogen-bond acceptors (Lipinski definition) is 5. The molecule has 0 atom stereocenters. The summed E-state index contributed by atoms with van der Waals surface area (Å²) in [5, 5.41) is 3.79. The highest BCUT2D eigenvalue weighted by Gasteiger charge is 2.27. The molecule has 1 aliphatic rings. The molecule has 27 heavy (non-hydrogen) atoms. The Labute approximate surface area is 164 Å². The second-order valence-electron chi connectivity index (χ2n) is 7.72. The lowest BCUT2D eigenvalue weighted by Gasteiger charge is -2.15. The number of hydrogen-bond donors (Lipinski definition) is 1. The molecule has 0 bridgehead atoms. The van der Waals surface area contributed by atoms with Crippen LogP contribution in [0.1, 0.15) is 53.9 Å². The van der Waals surface area contributed by atoms with E-state index in [9.17, 15) is 13.2 Å². The van der Waals surface area contributed by atoms with E-state index in [4.69, 9.17) is 0 Å². The van der Waals surface area contributed by atoms with Gasteiger partial charge >= 0.3 is 0 Å². The van der Waals surface area contributed by atoms with Gasteiger partial charge in [-0.1, -0.05) is 32.9 Å². The Morgan fingerprint density at radius 1 is 1.19 bits per heavy atom. The third-order valence-corrected chi connectivity index (χ3v) is 7.79. The summed E-state index contributed by atoms with van der Waals surface area (Å²) < 4.78 is 26.6. The van der Waals surface area contributed by atoms with Crippen LogP contribution >= 0.6 is 11.3 Å². The minimum absolute atomic E-state index is 0.0835. The molecule has 1 N–H and O–H groups in total. The van der Waals surface area contributed by atoms with Gasteiger partial charge in [0.1, 0.15) is 4.88 Å². The first-order valence-electron chi connectivity index (χ1n) is 9.01. The number of nitrogens with zero attached hydrogens (tertiary/aromatic N) is 2. The van der Waals surface area contributed by atoms with Crippen molar-refractivity contribution in [1.29, 1.82) is 0 Å². The molecule has 0 unspecified atom stereocenters. The van der Waals surface area contributed by atoms with Crippen LogP contribution in [0.4, 0.5) is 0 Å². The summed E-state index contributed by atoms with van der Waals surface area (Å²) >= 11 is 1.39. The third-order valence-electron chi connectivity index (χ3n) is 4.45. The zero-order valence-electron chi connectivity index (χ0n) is 15.9. The number of rotatable bonds is 5. The summed E-state index contributed by atoms with van der Waals surface area (Å²) in [4.78, 5) is 17.5. The minimum Gasteiger partial charge on any atom is -0.347 e. The van der Waals surface area contributed by atoms with Gasteiger partial charge in [-0.3, -0.25) is 4.79 Å². The Kier molecular flexibility index (Phi) is 5.69. The van der Waals surface area contributed by atoms with Crippen LogP contribution in [-0.4, -0.2) is 36.7 Å². The SMILES string of the molecule is CC(C)(C)c1ncc(C(=O)NCc2ccc(S(=O)(=O)N3CCCC3)cc2)s1. The summed E-state index contributed by atoms with van der Waals surface area (Å²) in [5.74, 6) is -0.170. The van der Waals surface area contributed by atoms with Gasteiger partial charge in [0.2, 0.25) is 10.0 Å². The largest absolute Gasteiger partial charge is 0.347 e. The lowest BCUT2D eigenvalue weighted by atomic mass is 9.98. The molecule has 146 valence electrons. The molecule has 2 aromatic rings. The average molecular weight is 408 g/mol. The van der Waals surface area contributed by atoms with Crippen LogP contribution in [0.25, 0.3) is 0 Å². The highest BCUT2D eigenvalue weighted by molar-refractivity contribution is 7.89. The van der Waals surface area contributed by atoms with Crippen molar-refractivity contribution in [3.8, 4) is 0 Å². The first-order valence-corrected chi connectivity index (χ1v) is 11.3. The van der Waals surface area contributed by atoms with Crippen LogP contribution in [0.2, 0.25) is 0 Å². The maximum Gasteiger partial charge on any atom is 0.263 e. The molecule has 3 rings (SSSR count). The predicted molar refractivity (Wildman–Crippen MR) is 106 cm³/mol. The topological polar surface area (TPSA) is 79.4 Å². The number of benzene rings is 1. The van der Waals surface area contributed by atoms with Crippen LogP contribution in [0, 0.1) is 0 Å². The molecule has 1 saturated heterocycles. The Morgan fingerprint density at radius 2 is 1.81 bits per heavy atom. The summed E-state index contributed by atoms with van der Waals surface area (Å²) in [6.45, 7) is 7.70. The van der Waals surface area contributed by atoms with Gasteiger partial charge in [0.05, 0.1) is 16.1 Å². The molecule has 0 aliphatic carbocycles. The van der Waals surface area contributed by atoms with E-state index in [1.54, 1.807) is 30.5 Å². The quantitative estimate of drug-likeness (QED) is 0.826. The lowest BCUT2D eigenvalue weighted by Crippen LogP contribution is -2.27. The Balaban J connectivity index is 1.62. The van der Waals surface area contributed by atoms with Gasteiger partial charge < -0.3 is 5.32 Å². The number of aromatic nitrogens is 1. The van der Waals surface area contributed by atoms with Gasteiger partial charge in [-0.2, -0.15) is 4.31 Å². The lowest BCUT2D eigenvalue weighted by molar-refractivity contribution is 0.0954. The molecule has 2 heterocycles. The van der Waals surface area contributed by atoms with E-state index in [2.05, 4.69) is 31.1 Å². The maximum absolute atomic E-state index is 12.5. The van der Waals surface area contributed by atoms with E-state index in [-0.39, 0.29) is 11.3 Å². The van der Waals surface area contributed by atoms with Crippen LogP contribution in [-0.2, 0) is 22.0 Å². The van der Waals surface area contributed by atoms with Gasteiger partial charge in [0, 0.05) is 25.0 Å². The first kappa shape index (κ1) is 20.0. The zero-order chi connectivity index (χ0) is 19.7. The Bertz CT molecular complexity index is 906.